The number of anilines is 1. The molecule has 0 saturated heterocycles. The molecule has 0 radical (unpaired) electrons. The minimum absolute atomic E-state index is 0.194. The first-order valence-corrected chi connectivity index (χ1v) is 9.64. The van der Waals surface area contributed by atoms with E-state index in [4.69, 9.17) is 4.98 Å². The van der Waals surface area contributed by atoms with E-state index in [1.54, 1.807) is 10.9 Å². The Labute approximate surface area is 169 Å². The lowest BCUT2D eigenvalue weighted by atomic mass is 10.0. The SMILES string of the molecule is CCn1ncc(NC(=O)c2cc(-c3ccc(C)cc3)nc3c2c(C)nn3C)c1C. The number of pyridine rings is 1. The fraction of sp³-hybridized carbons (Fsp3) is 0.273. The van der Waals surface area contributed by atoms with E-state index < -0.39 is 0 Å². The van der Waals surface area contributed by atoms with Gasteiger partial charge in [0, 0.05) is 19.2 Å². The van der Waals surface area contributed by atoms with Crippen LogP contribution >= 0.6 is 0 Å². The number of benzene rings is 1. The van der Waals surface area contributed by atoms with E-state index in [9.17, 15) is 4.79 Å². The predicted octanol–water partition coefficient (Wildman–Crippen LogP) is 4.03. The molecule has 3 heterocycles. The maximum Gasteiger partial charge on any atom is 0.256 e. The number of carbonyl (C=O) groups is 1. The molecule has 3 aromatic heterocycles. The van der Waals surface area contributed by atoms with Crippen molar-refractivity contribution in [3.05, 3.63) is 59.0 Å². The highest BCUT2D eigenvalue weighted by molar-refractivity contribution is 6.13. The lowest BCUT2D eigenvalue weighted by Crippen LogP contribution is -2.14. The fourth-order valence-corrected chi connectivity index (χ4v) is 3.57. The quantitative estimate of drug-likeness (QED) is 0.573. The molecule has 1 N–H and O–H groups in total. The lowest BCUT2D eigenvalue weighted by molar-refractivity contribution is 0.102. The van der Waals surface area contributed by atoms with Gasteiger partial charge < -0.3 is 5.32 Å². The summed E-state index contributed by atoms with van der Waals surface area (Å²) in [7, 11) is 1.85. The van der Waals surface area contributed by atoms with Crippen LogP contribution in [-0.2, 0) is 13.6 Å². The first kappa shape index (κ1) is 18.9. The van der Waals surface area contributed by atoms with Gasteiger partial charge in [-0.1, -0.05) is 29.8 Å². The molecule has 4 rings (SSSR count). The highest BCUT2D eigenvalue weighted by Crippen LogP contribution is 2.28. The average Bonchev–Trinajstić information content (AvgIpc) is 3.20. The van der Waals surface area contributed by atoms with Gasteiger partial charge in [0.15, 0.2) is 5.65 Å². The molecule has 1 aromatic carbocycles. The number of carbonyl (C=O) groups excluding carboxylic acids is 1. The number of nitrogens with one attached hydrogen (secondary N) is 1. The lowest BCUT2D eigenvalue weighted by Gasteiger charge is -2.10. The second-order valence-electron chi connectivity index (χ2n) is 7.24. The van der Waals surface area contributed by atoms with Gasteiger partial charge in [-0.25, -0.2) is 4.98 Å². The van der Waals surface area contributed by atoms with E-state index in [1.165, 1.54) is 5.56 Å². The molecule has 4 aromatic rings. The maximum absolute atomic E-state index is 13.3. The monoisotopic (exact) mass is 388 g/mol. The third-order valence-corrected chi connectivity index (χ3v) is 5.21. The predicted molar refractivity (Wildman–Crippen MR) is 114 cm³/mol. The Kier molecular flexibility index (Phi) is 4.66. The summed E-state index contributed by atoms with van der Waals surface area (Å²) in [6.45, 7) is 8.65. The second kappa shape index (κ2) is 7.16. The minimum atomic E-state index is -0.194. The summed E-state index contributed by atoms with van der Waals surface area (Å²) in [6.07, 6.45) is 1.69. The van der Waals surface area contributed by atoms with Gasteiger partial charge in [-0.3, -0.25) is 14.2 Å². The molecule has 1 amide bonds. The van der Waals surface area contributed by atoms with Crippen molar-refractivity contribution in [3.8, 4) is 11.3 Å². The molecule has 29 heavy (non-hydrogen) atoms. The number of nitrogens with zero attached hydrogens (tertiary/aromatic N) is 5. The van der Waals surface area contributed by atoms with Crippen LogP contribution in [0.2, 0.25) is 0 Å². The Hall–Kier alpha value is -3.48. The van der Waals surface area contributed by atoms with Crippen molar-refractivity contribution in [2.45, 2.75) is 34.2 Å². The Morgan fingerprint density at radius 2 is 1.86 bits per heavy atom. The van der Waals surface area contributed by atoms with Crippen LogP contribution in [0.25, 0.3) is 22.3 Å². The number of hydrogen-bond donors (Lipinski definition) is 1. The highest BCUT2D eigenvalue weighted by atomic mass is 16.1. The van der Waals surface area contributed by atoms with Crippen LogP contribution in [0.15, 0.2) is 36.5 Å². The zero-order chi connectivity index (χ0) is 20.7. The summed E-state index contributed by atoms with van der Waals surface area (Å²) in [5.41, 5.74) is 6.52. The number of aryl methyl sites for hydroxylation is 4. The maximum atomic E-state index is 13.3. The van der Waals surface area contributed by atoms with Crippen LogP contribution in [0.3, 0.4) is 0 Å². The Bertz CT molecular complexity index is 1220. The van der Waals surface area contributed by atoms with Crippen molar-refractivity contribution in [3.63, 3.8) is 0 Å². The van der Waals surface area contributed by atoms with Crippen LogP contribution in [0.4, 0.5) is 5.69 Å². The second-order valence-corrected chi connectivity index (χ2v) is 7.24. The van der Waals surface area contributed by atoms with Gasteiger partial charge >= 0.3 is 0 Å². The molecule has 0 atom stereocenters. The van der Waals surface area contributed by atoms with Crippen molar-refractivity contribution >= 4 is 22.6 Å². The van der Waals surface area contributed by atoms with Crippen LogP contribution < -0.4 is 5.32 Å². The van der Waals surface area contributed by atoms with Gasteiger partial charge in [-0.05, 0) is 33.8 Å². The number of hydrogen-bond acceptors (Lipinski definition) is 4. The number of rotatable bonds is 4. The normalized spacial score (nSPS) is 11.2. The molecule has 7 heteroatoms. The van der Waals surface area contributed by atoms with E-state index in [0.717, 1.165) is 34.6 Å². The van der Waals surface area contributed by atoms with Gasteiger partial charge in [-0.2, -0.15) is 10.2 Å². The smallest absolute Gasteiger partial charge is 0.256 e. The topological polar surface area (TPSA) is 77.6 Å². The molecular formula is C22H24N6O. The minimum Gasteiger partial charge on any atom is -0.319 e. The van der Waals surface area contributed by atoms with Crippen molar-refractivity contribution in [1.82, 2.24) is 24.5 Å². The third-order valence-electron chi connectivity index (χ3n) is 5.21. The molecule has 148 valence electrons. The van der Waals surface area contributed by atoms with E-state index in [1.807, 2.05) is 69.8 Å². The average molecular weight is 388 g/mol. The Morgan fingerprint density at radius 3 is 2.52 bits per heavy atom. The van der Waals surface area contributed by atoms with Gasteiger partial charge in [0.25, 0.3) is 5.91 Å². The van der Waals surface area contributed by atoms with Crippen molar-refractivity contribution in [2.24, 2.45) is 7.05 Å². The molecular weight excluding hydrogens is 364 g/mol. The van der Waals surface area contributed by atoms with Crippen LogP contribution in [-0.4, -0.2) is 30.5 Å². The summed E-state index contributed by atoms with van der Waals surface area (Å²) in [5.74, 6) is -0.194. The largest absolute Gasteiger partial charge is 0.319 e. The van der Waals surface area contributed by atoms with E-state index >= 15 is 0 Å². The standard InChI is InChI=1S/C22H24N6O/c1-6-28-15(4)19(12-23-28)25-22(29)17-11-18(16-9-7-13(2)8-10-16)24-21-20(17)14(3)26-27(21)5/h7-12H,6H2,1-5H3,(H,25,29). The summed E-state index contributed by atoms with van der Waals surface area (Å²) in [6, 6.07) is 9.96. The number of fused-ring (bicyclic) bond motifs is 1. The van der Waals surface area contributed by atoms with Gasteiger partial charge in [-0.15, -0.1) is 0 Å². The molecule has 0 aliphatic rings. The van der Waals surface area contributed by atoms with E-state index in [0.29, 0.717) is 16.9 Å². The summed E-state index contributed by atoms with van der Waals surface area (Å²) >= 11 is 0. The van der Waals surface area contributed by atoms with Gasteiger partial charge in [0.2, 0.25) is 0 Å². The molecule has 0 unspecified atom stereocenters. The van der Waals surface area contributed by atoms with Crippen molar-refractivity contribution in [2.75, 3.05) is 5.32 Å². The first-order chi connectivity index (χ1) is 13.9. The molecule has 0 bridgehead atoms. The fourth-order valence-electron chi connectivity index (χ4n) is 3.57. The van der Waals surface area contributed by atoms with Crippen molar-refractivity contribution < 1.29 is 4.79 Å². The molecule has 0 fully saturated rings. The molecule has 0 spiro atoms. The zero-order valence-electron chi connectivity index (χ0n) is 17.3. The van der Waals surface area contributed by atoms with Crippen molar-refractivity contribution in [1.29, 1.82) is 0 Å². The summed E-state index contributed by atoms with van der Waals surface area (Å²) in [5, 5.41) is 12.6. The first-order valence-electron chi connectivity index (χ1n) is 9.64. The van der Waals surface area contributed by atoms with Crippen LogP contribution in [0.5, 0.6) is 0 Å². The molecule has 7 nitrogen and oxygen atoms in total. The Balaban J connectivity index is 1.84. The zero-order valence-corrected chi connectivity index (χ0v) is 17.3. The van der Waals surface area contributed by atoms with Gasteiger partial charge in [0.05, 0.1) is 39.9 Å². The summed E-state index contributed by atoms with van der Waals surface area (Å²) < 4.78 is 3.57. The number of amides is 1. The van der Waals surface area contributed by atoms with Crippen LogP contribution in [0.1, 0.15) is 34.2 Å². The number of aromatic nitrogens is 5. The molecule has 0 aliphatic heterocycles. The third kappa shape index (κ3) is 3.29. The van der Waals surface area contributed by atoms with E-state index in [2.05, 4.69) is 15.5 Å². The highest BCUT2D eigenvalue weighted by Gasteiger charge is 2.20. The van der Waals surface area contributed by atoms with Gasteiger partial charge in [0.1, 0.15) is 0 Å². The van der Waals surface area contributed by atoms with E-state index in [-0.39, 0.29) is 5.91 Å². The Morgan fingerprint density at radius 1 is 1.14 bits per heavy atom. The molecule has 0 aliphatic carbocycles. The molecule has 0 saturated carbocycles. The van der Waals surface area contributed by atoms with Crippen LogP contribution in [0, 0.1) is 20.8 Å². The summed E-state index contributed by atoms with van der Waals surface area (Å²) in [4.78, 5) is 18.0.